The highest BCUT2D eigenvalue weighted by atomic mass is 19.1. The van der Waals surface area contributed by atoms with E-state index in [0.717, 1.165) is 36.6 Å². The molecule has 0 heterocycles. The molecule has 0 aliphatic heterocycles. The summed E-state index contributed by atoms with van der Waals surface area (Å²) in [6.07, 6.45) is 2.25. The van der Waals surface area contributed by atoms with Gasteiger partial charge in [0, 0.05) is 12.1 Å². The third-order valence-electron chi connectivity index (χ3n) is 4.26. The molecule has 1 amide bonds. The number of halogens is 2. The number of nitrogens with one attached hydrogen (secondary N) is 2. The van der Waals surface area contributed by atoms with Crippen molar-refractivity contribution < 1.29 is 13.6 Å². The first-order chi connectivity index (χ1) is 11.5. The van der Waals surface area contributed by atoms with Gasteiger partial charge in [-0.15, -0.1) is 0 Å². The number of amides is 1. The van der Waals surface area contributed by atoms with Gasteiger partial charge in [-0.3, -0.25) is 10.1 Å². The van der Waals surface area contributed by atoms with Crippen molar-refractivity contribution in [1.29, 1.82) is 0 Å². The molecule has 0 radical (unpaired) electrons. The highest BCUT2D eigenvalue weighted by Gasteiger charge is 2.34. The first-order valence-corrected chi connectivity index (χ1v) is 8.11. The van der Waals surface area contributed by atoms with Gasteiger partial charge in [-0.25, -0.2) is 8.78 Å². The van der Waals surface area contributed by atoms with E-state index in [4.69, 9.17) is 0 Å². The van der Waals surface area contributed by atoms with Crippen LogP contribution in [0, 0.1) is 17.6 Å². The minimum absolute atomic E-state index is 0.0873. The second-order valence-electron chi connectivity index (χ2n) is 6.23. The van der Waals surface area contributed by atoms with Gasteiger partial charge < -0.3 is 5.32 Å². The predicted octanol–water partition coefficient (Wildman–Crippen LogP) is 4.03. The lowest BCUT2D eigenvalue weighted by atomic mass is 10.0. The molecule has 5 heteroatoms. The fourth-order valence-corrected chi connectivity index (χ4v) is 2.77. The van der Waals surface area contributed by atoms with Crippen LogP contribution in [0.3, 0.4) is 0 Å². The lowest BCUT2D eigenvalue weighted by Gasteiger charge is -2.23. The van der Waals surface area contributed by atoms with E-state index in [1.54, 1.807) is 6.92 Å². The standard InChI is InChI=1S/C19H20F2N2O/c1-12(19(24)23-17-11-15(20)9-10-16(17)21)22-18(14-7-8-14)13-5-3-2-4-6-13/h2-6,9-12,14,18,22H,7-8H2,1H3,(H,23,24). The molecule has 0 spiro atoms. The van der Waals surface area contributed by atoms with Gasteiger partial charge in [0.2, 0.25) is 5.91 Å². The summed E-state index contributed by atoms with van der Waals surface area (Å²) in [5, 5.41) is 5.77. The molecule has 2 aromatic carbocycles. The smallest absolute Gasteiger partial charge is 0.241 e. The van der Waals surface area contributed by atoms with Crippen LogP contribution in [0.25, 0.3) is 0 Å². The number of carbonyl (C=O) groups excluding carboxylic acids is 1. The van der Waals surface area contributed by atoms with E-state index in [0.29, 0.717) is 5.92 Å². The molecule has 0 aromatic heterocycles. The Hall–Kier alpha value is -2.27. The molecule has 1 aliphatic rings. The molecule has 0 saturated heterocycles. The molecule has 2 N–H and O–H groups in total. The average molecular weight is 330 g/mol. The van der Waals surface area contributed by atoms with Crippen LogP contribution < -0.4 is 10.6 Å². The fourth-order valence-electron chi connectivity index (χ4n) is 2.77. The lowest BCUT2D eigenvalue weighted by Crippen LogP contribution is -2.41. The zero-order valence-corrected chi connectivity index (χ0v) is 13.4. The summed E-state index contributed by atoms with van der Waals surface area (Å²) < 4.78 is 26.9. The van der Waals surface area contributed by atoms with E-state index in [1.165, 1.54) is 0 Å². The highest BCUT2D eigenvalue weighted by molar-refractivity contribution is 5.94. The topological polar surface area (TPSA) is 41.1 Å². The first-order valence-electron chi connectivity index (χ1n) is 8.11. The molecule has 24 heavy (non-hydrogen) atoms. The Morgan fingerprint density at radius 2 is 1.83 bits per heavy atom. The Balaban J connectivity index is 1.67. The number of anilines is 1. The molecule has 1 aliphatic carbocycles. The Morgan fingerprint density at radius 3 is 2.50 bits per heavy atom. The molecule has 1 fully saturated rings. The van der Waals surface area contributed by atoms with Gasteiger partial charge in [0.1, 0.15) is 11.6 Å². The summed E-state index contributed by atoms with van der Waals surface area (Å²) in [7, 11) is 0. The lowest BCUT2D eigenvalue weighted by molar-refractivity contribution is -0.118. The Morgan fingerprint density at radius 1 is 1.12 bits per heavy atom. The molecule has 3 rings (SSSR count). The Bertz CT molecular complexity index is 717. The van der Waals surface area contributed by atoms with Crippen LogP contribution in [0.2, 0.25) is 0 Å². The summed E-state index contributed by atoms with van der Waals surface area (Å²) in [6, 6.07) is 12.5. The molecular weight excluding hydrogens is 310 g/mol. The van der Waals surface area contributed by atoms with E-state index < -0.39 is 17.7 Å². The van der Waals surface area contributed by atoms with E-state index in [9.17, 15) is 13.6 Å². The van der Waals surface area contributed by atoms with Crippen molar-refractivity contribution in [3.8, 4) is 0 Å². The van der Waals surface area contributed by atoms with E-state index in [-0.39, 0.29) is 17.6 Å². The van der Waals surface area contributed by atoms with Crippen molar-refractivity contribution in [3.05, 3.63) is 65.7 Å². The second kappa shape index (κ2) is 7.09. The molecule has 2 aromatic rings. The average Bonchev–Trinajstić information content (AvgIpc) is 3.41. The van der Waals surface area contributed by atoms with Crippen LogP contribution in [0.15, 0.2) is 48.5 Å². The second-order valence-corrected chi connectivity index (χ2v) is 6.23. The Labute approximate surface area is 140 Å². The maximum Gasteiger partial charge on any atom is 0.241 e. The number of hydrogen-bond acceptors (Lipinski definition) is 2. The van der Waals surface area contributed by atoms with E-state index in [1.807, 2.05) is 30.3 Å². The van der Waals surface area contributed by atoms with Gasteiger partial charge in [0.15, 0.2) is 0 Å². The highest BCUT2D eigenvalue weighted by Crippen LogP contribution is 2.41. The van der Waals surface area contributed by atoms with E-state index >= 15 is 0 Å². The van der Waals surface area contributed by atoms with Crippen molar-refractivity contribution >= 4 is 11.6 Å². The maximum absolute atomic E-state index is 13.7. The predicted molar refractivity (Wildman–Crippen MR) is 89.5 cm³/mol. The quantitative estimate of drug-likeness (QED) is 0.839. The molecule has 2 atom stereocenters. The largest absolute Gasteiger partial charge is 0.322 e. The van der Waals surface area contributed by atoms with Crippen LogP contribution in [-0.2, 0) is 4.79 Å². The van der Waals surface area contributed by atoms with Gasteiger partial charge in [0.05, 0.1) is 11.7 Å². The summed E-state index contributed by atoms with van der Waals surface area (Å²) in [5.41, 5.74) is 0.993. The zero-order valence-electron chi connectivity index (χ0n) is 13.4. The van der Waals surface area contributed by atoms with Crippen molar-refractivity contribution in [2.24, 2.45) is 5.92 Å². The van der Waals surface area contributed by atoms with Gasteiger partial charge >= 0.3 is 0 Å². The summed E-state index contributed by atoms with van der Waals surface area (Å²) in [5.74, 6) is -1.12. The van der Waals surface area contributed by atoms with Crippen molar-refractivity contribution in [3.63, 3.8) is 0 Å². The number of rotatable bonds is 6. The fraction of sp³-hybridized carbons (Fsp3) is 0.316. The summed E-state index contributed by atoms with van der Waals surface area (Å²) in [4.78, 5) is 12.3. The number of benzene rings is 2. The Kier molecular flexibility index (Phi) is 4.90. The number of hydrogen-bond donors (Lipinski definition) is 2. The van der Waals surface area contributed by atoms with Crippen molar-refractivity contribution in [2.75, 3.05) is 5.32 Å². The molecule has 1 saturated carbocycles. The molecule has 0 bridgehead atoms. The molecule has 126 valence electrons. The normalized spacial score (nSPS) is 16.5. The SMILES string of the molecule is CC(NC(c1ccccc1)C1CC1)C(=O)Nc1cc(F)ccc1F. The van der Waals surface area contributed by atoms with Crippen LogP contribution in [-0.4, -0.2) is 11.9 Å². The summed E-state index contributed by atoms with van der Waals surface area (Å²) in [6.45, 7) is 1.73. The van der Waals surface area contributed by atoms with Gasteiger partial charge in [-0.2, -0.15) is 0 Å². The summed E-state index contributed by atoms with van der Waals surface area (Å²) >= 11 is 0. The van der Waals surface area contributed by atoms with Gasteiger partial charge in [0.25, 0.3) is 0 Å². The molecule has 2 unspecified atom stereocenters. The monoisotopic (exact) mass is 330 g/mol. The van der Waals surface area contributed by atoms with Crippen LogP contribution in [0.5, 0.6) is 0 Å². The van der Waals surface area contributed by atoms with Crippen molar-refractivity contribution in [1.82, 2.24) is 5.32 Å². The maximum atomic E-state index is 13.7. The van der Waals surface area contributed by atoms with E-state index in [2.05, 4.69) is 10.6 Å². The van der Waals surface area contributed by atoms with Crippen LogP contribution >= 0.6 is 0 Å². The first kappa shape index (κ1) is 16.6. The minimum Gasteiger partial charge on any atom is -0.322 e. The molecular formula is C19H20F2N2O. The minimum atomic E-state index is -0.654. The van der Waals surface area contributed by atoms with Crippen LogP contribution in [0.1, 0.15) is 31.4 Å². The van der Waals surface area contributed by atoms with Gasteiger partial charge in [-0.05, 0) is 43.4 Å². The number of carbonyl (C=O) groups is 1. The molecule has 3 nitrogen and oxygen atoms in total. The van der Waals surface area contributed by atoms with Crippen LogP contribution in [0.4, 0.5) is 14.5 Å². The van der Waals surface area contributed by atoms with Crippen molar-refractivity contribution in [2.45, 2.75) is 31.8 Å². The zero-order chi connectivity index (χ0) is 17.1. The third-order valence-corrected chi connectivity index (χ3v) is 4.26. The van der Waals surface area contributed by atoms with Gasteiger partial charge in [-0.1, -0.05) is 30.3 Å². The third kappa shape index (κ3) is 3.97.